The van der Waals surface area contributed by atoms with Crippen LogP contribution in [0.25, 0.3) is 6.08 Å². The molecule has 0 radical (unpaired) electrons. The largest absolute Gasteiger partial charge is 0.465 e. The summed E-state index contributed by atoms with van der Waals surface area (Å²) < 4.78 is 10.5. The van der Waals surface area contributed by atoms with Crippen molar-refractivity contribution < 1.29 is 14.3 Å². The molecule has 1 rings (SSSR count). The fourth-order valence-corrected chi connectivity index (χ4v) is 1.86. The van der Waals surface area contributed by atoms with Crippen molar-refractivity contribution in [2.24, 2.45) is 0 Å². The van der Waals surface area contributed by atoms with E-state index in [0.717, 1.165) is 15.6 Å². The number of halogens is 1. The average molecular weight is 299 g/mol. The summed E-state index contributed by atoms with van der Waals surface area (Å²) in [4.78, 5) is 11.5. The summed E-state index contributed by atoms with van der Waals surface area (Å²) in [6, 6.07) is 3.56. The van der Waals surface area contributed by atoms with Crippen LogP contribution in [0.15, 0.2) is 22.7 Å². The Kier molecular flexibility index (Phi) is 5.38. The Bertz CT molecular complexity index is 439. The van der Waals surface area contributed by atoms with Crippen molar-refractivity contribution >= 4 is 28.0 Å². The Hall–Kier alpha value is -1.13. The summed E-state index contributed by atoms with van der Waals surface area (Å²) in [5.41, 5.74) is 2.57. The van der Waals surface area contributed by atoms with Crippen molar-refractivity contribution in [2.75, 3.05) is 20.8 Å². The normalized spacial score (nSPS) is 10.8. The lowest BCUT2D eigenvalue weighted by Crippen LogP contribution is -2.02. The molecule has 3 nitrogen and oxygen atoms in total. The van der Waals surface area contributed by atoms with Crippen LogP contribution in [-0.4, -0.2) is 26.8 Å². The van der Waals surface area contributed by atoms with E-state index in [2.05, 4.69) is 15.9 Å². The highest BCUT2D eigenvalue weighted by Crippen LogP contribution is 2.23. The Morgan fingerprint density at radius 1 is 1.41 bits per heavy atom. The molecule has 0 unspecified atom stereocenters. The quantitative estimate of drug-likeness (QED) is 0.801. The van der Waals surface area contributed by atoms with E-state index in [1.165, 1.54) is 7.11 Å². The fourth-order valence-electron chi connectivity index (χ4n) is 1.38. The predicted molar refractivity (Wildman–Crippen MR) is 71.1 cm³/mol. The Morgan fingerprint density at radius 2 is 2.12 bits per heavy atom. The Balaban J connectivity index is 3.11. The smallest absolute Gasteiger partial charge is 0.337 e. The van der Waals surface area contributed by atoms with Crippen molar-refractivity contribution in [1.82, 2.24) is 0 Å². The molecule has 4 heteroatoms. The molecule has 0 aliphatic carbocycles. The van der Waals surface area contributed by atoms with Gasteiger partial charge in [-0.1, -0.05) is 28.1 Å². The summed E-state index contributed by atoms with van der Waals surface area (Å²) in [5.74, 6) is -0.341. The van der Waals surface area contributed by atoms with Gasteiger partial charge in [-0.15, -0.1) is 0 Å². The number of ether oxygens (including phenoxy) is 2. The zero-order chi connectivity index (χ0) is 12.8. The van der Waals surface area contributed by atoms with Gasteiger partial charge in [0, 0.05) is 11.6 Å². The summed E-state index contributed by atoms with van der Waals surface area (Å²) in [6.07, 6.45) is 3.83. The summed E-state index contributed by atoms with van der Waals surface area (Å²) in [5, 5.41) is 0. The van der Waals surface area contributed by atoms with Gasteiger partial charge in [0.1, 0.15) is 0 Å². The van der Waals surface area contributed by atoms with Crippen LogP contribution >= 0.6 is 15.9 Å². The molecule has 0 bridgehead atoms. The molecule has 17 heavy (non-hydrogen) atoms. The second kappa shape index (κ2) is 6.57. The van der Waals surface area contributed by atoms with Crippen LogP contribution in [-0.2, 0) is 9.47 Å². The molecule has 0 amide bonds. The first-order valence-corrected chi connectivity index (χ1v) is 5.93. The third-order valence-electron chi connectivity index (χ3n) is 2.37. The molecule has 0 heterocycles. The van der Waals surface area contributed by atoms with Gasteiger partial charge in [0.15, 0.2) is 0 Å². The number of hydrogen-bond donors (Lipinski definition) is 0. The van der Waals surface area contributed by atoms with Gasteiger partial charge in [-0.3, -0.25) is 0 Å². The highest BCUT2D eigenvalue weighted by Gasteiger charge is 2.09. The van der Waals surface area contributed by atoms with E-state index in [9.17, 15) is 4.79 Å². The standard InChI is InChI=1S/C13H15BrO3/c1-9-10(5-4-6-16-2)7-11(8-12(9)14)13(15)17-3/h4-5,7-8H,6H2,1-3H3/b5-4+. The van der Waals surface area contributed by atoms with Gasteiger partial charge in [-0.2, -0.15) is 0 Å². The lowest BCUT2D eigenvalue weighted by atomic mass is 10.0. The first kappa shape index (κ1) is 13.9. The first-order valence-electron chi connectivity index (χ1n) is 5.14. The number of esters is 1. The Morgan fingerprint density at radius 3 is 2.71 bits per heavy atom. The second-order valence-corrected chi connectivity index (χ2v) is 4.38. The molecular formula is C13H15BrO3. The molecule has 0 saturated carbocycles. The first-order chi connectivity index (χ1) is 8.10. The van der Waals surface area contributed by atoms with E-state index in [4.69, 9.17) is 9.47 Å². The van der Waals surface area contributed by atoms with Gasteiger partial charge in [-0.05, 0) is 30.2 Å². The van der Waals surface area contributed by atoms with E-state index >= 15 is 0 Å². The number of carbonyl (C=O) groups excluding carboxylic acids is 1. The average Bonchev–Trinajstić information content (AvgIpc) is 2.33. The zero-order valence-electron chi connectivity index (χ0n) is 10.1. The van der Waals surface area contributed by atoms with Crippen molar-refractivity contribution in [3.05, 3.63) is 39.4 Å². The predicted octanol–water partition coefficient (Wildman–Crippen LogP) is 3.20. The van der Waals surface area contributed by atoms with Crippen LogP contribution < -0.4 is 0 Å². The number of carbonyl (C=O) groups is 1. The third kappa shape index (κ3) is 3.68. The van der Waals surface area contributed by atoms with Crippen LogP contribution in [0.3, 0.4) is 0 Å². The zero-order valence-corrected chi connectivity index (χ0v) is 11.7. The maximum Gasteiger partial charge on any atom is 0.337 e. The minimum atomic E-state index is -0.341. The number of rotatable bonds is 4. The summed E-state index contributed by atoms with van der Waals surface area (Å²) >= 11 is 3.43. The molecule has 92 valence electrons. The third-order valence-corrected chi connectivity index (χ3v) is 3.19. The van der Waals surface area contributed by atoms with E-state index in [-0.39, 0.29) is 5.97 Å². The number of hydrogen-bond acceptors (Lipinski definition) is 3. The molecule has 0 N–H and O–H groups in total. The van der Waals surface area contributed by atoms with Crippen molar-refractivity contribution in [2.45, 2.75) is 6.92 Å². The number of methoxy groups -OCH3 is 2. The molecule has 0 saturated heterocycles. The van der Waals surface area contributed by atoms with Crippen molar-refractivity contribution in [3.63, 3.8) is 0 Å². The topological polar surface area (TPSA) is 35.5 Å². The molecule has 0 aliphatic rings. The highest BCUT2D eigenvalue weighted by molar-refractivity contribution is 9.10. The molecule has 0 spiro atoms. The van der Waals surface area contributed by atoms with E-state index in [1.54, 1.807) is 19.2 Å². The monoisotopic (exact) mass is 298 g/mol. The summed E-state index contributed by atoms with van der Waals surface area (Å²) in [7, 11) is 3.01. The minimum Gasteiger partial charge on any atom is -0.465 e. The second-order valence-electron chi connectivity index (χ2n) is 3.52. The van der Waals surface area contributed by atoms with Crippen LogP contribution in [0.4, 0.5) is 0 Å². The fraction of sp³-hybridized carbons (Fsp3) is 0.308. The number of benzene rings is 1. The highest BCUT2D eigenvalue weighted by atomic mass is 79.9. The molecule has 1 aromatic carbocycles. The minimum absolute atomic E-state index is 0.341. The molecule has 0 aromatic heterocycles. The molecule has 0 aliphatic heterocycles. The maximum absolute atomic E-state index is 11.5. The van der Waals surface area contributed by atoms with Gasteiger partial charge in [-0.25, -0.2) is 4.79 Å². The lowest BCUT2D eigenvalue weighted by molar-refractivity contribution is 0.0600. The van der Waals surface area contributed by atoms with Crippen LogP contribution in [0.2, 0.25) is 0 Å². The lowest BCUT2D eigenvalue weighted by Gasteiger charge is -2.07. The molecule has 0 fully saturated rings. The van der Waals surface area contributed by atoms with E-state index < -0.39 is 0 Å². The molecule has 1 aromatic rings. The van der Waals surface area contributed by atoms with Gasteiger partial charge < -0.3 is 9.47 Å². The van der Waals surface area contributed by atoms with Crippen molar-refractivity contribution in [3.8, 4) is 0 Å². The van der Waals surface area contributed by atoms with Gasteiger partial charge in [0.2, 0.25) is 0 Å². The SMILES string of the molecule is COC/C=C/c1cc(C(=O)OC)cc(Br)c1C. The van der Waals surface area contributed by atoms with Crippen molar-refractivity contribution in [1.29, 1.82) is 0 Å². The van der Waals surface area contributed by atoms with Gasteiger partial charge in [0.05, 0.1) is 19.3 Å². The molecule has 0 atom stereocenters. The van der Waals surface area contributed by atoms with E-state index in [0.29, 0.717) is 12.2 Å². The Labute approximate surface area is 110 Å². The van der Waals surface area contributed by atoms with E-state index in [1.807, 2.05) is 19.1 Å². The van der Waals surface area contributed by atoms with Crippen LogP contribution in [0.5, 0.6) is 0 Å². The maximum atomic E-state index is 11.5. The summed E-state index contributed by atoms with van der Waals surface area (Å²) in [6.45, 7) is 2.52. The molecular weight excluding hydrogens is 284 g/mol. The van der Waals surface area contributed by atoms with Crippen LogP contribution in [0, 0.1) is 6.92 Å². The van der Waals surface area contributed by atoms with Gasteiger partial charge >= 0.3 is 5.97 Å². The van der Waals surface area contributed by atoms with Gasteiger partial charge in [0.25, 0.3) is 0 Å². The van der Waals surface area contributed by atoms with Crippen LogP contribution in [0.1, 0.15) is 21.5 Å².